The number of hydrogen-bond donors (Lipinski definition) is 1. The van der Waals surface area contributed by atoms with Gasteiger partial charge in [0.2, 0.25) is 0 Å². The first-order valence-electron chi connectivity index (χ1n) is 4.30. The lowest BCUT2D eigenvalue weighted by atomic mass is 10.1. The number of hydrogen-bond acceptors (Lipinski definition) is 2. The Bertz CT molecular complexity index is 404. The number of alkyl halides is 2. The molecule has 1 aromatic carbocycles. The van der Waals surface area contributed by atoms with Gasteiger partial charge in [-0.25, -0.2) is 9.18 Å². The number of aliphatic carboxylic acids is 1. The first kappa shape index (κ1) is 12.4. The summed E-state index contributed by atoms with van der Waals surface area (Å²) >= 11 is 0. The largest absolute Gasteiger partial charge is 0.496 e. The van der Waals surface area contributed by atoms with Crippen molar-refractivity contribution in [2.75, 3.05) is 7.11 Å². The SMILES string of the molecule is COc1ccc(F)cc1CC(F)(F)C(=O)O. The molecule has 0 radical (unpaired) electrons. The van der Waals surface area contributed by atoms with Crippen molar-refractivity contribution in [3.05, 3.63) is 29.6 Å². The lowest BCUT2D eigenvalue weighted by Gasteiger charge is -2.13. The van der Waals surface area contributed by atoms with E-state index in [1.807, 2.05) is 0 Å². The van der Waals surface area contributed by atoms with Gasteiger partial charge < -0.3 is 9.84 Å². The standard InChI is InChI=1S/C10H9F3O3/c1-16-8-3-2-7(11)4-6(8)5-10(12,13)9(14)15/h2-4H,5H2,1H3,(H,14,15). The fourth-order valence-corrected chi connectivity index (χ4v) is 1.20. The molecule has 16 heavy (non-hydrogen) atoms. The smallest absolute Gasteiger partial charge is 0.374 e. The molecule has 0 saturated heterocycles. The van der Waals surface area contributed by atoms with E-state index in [9.17, 15) is 18.0 Å². The maximum absolute atomic E-state index is 12.9. The van der Waals surface area contributed by atoms with Gasteiger partial charge in [-0.2, -0.15) is 8.78 Å². The van der Waals surface area contributed by atoms with Crippen molar-refractivity contribution >= 4 is 5.97 Å². The van der Waals surface area contributed by atoms with Gasteiger partial charge >= 0.3 is 11.9 Å². The molecular formula is C10H9F3O3. The molecule has 3 nitrogen and oxygen atoms in total. The Morgan fingerprint density at radius 1 is 1.50 bits per heavy atom. The Kier molecular flexibility index (Phi) is 3.41. The normalized spacial score (nSPS) is 11.2. The number of benzene rings is 1. The summed E-state index contributed by atoms with van der Waals surface area (Å²) in [5, 5.41) is 8.25. The van der Waals surface area contributed by atoms with Crippen molar-refractivity contribution in [1.82, 2.24) is 0 Å². The summed E-state index contributed by atoms with van der Waals surface area (Å²) in [4.78, 5) is 10.2. The molecule has 88 valence electrons. The van der Waals surface area contributed by atoms with Gasteiger partial charge in [-0.3, -0.25) is 0 Å². The maximum Gasteiger partial charge on any atom is 0.374 e. The van der Waals surface area contributed by atoms with Crippen LogP contribution < -0.4 is 4.74 Å². The van der Waals surface area contributed by atoms with E-state index in [0.29, 0.717) is 0 Å². The van der Waals surface area contributed by atoms with Crippen LogP contribution in [0.25, 0.3) is 0 Å². The lowest BCUT2D eigenvalue weighted by molar-refractivity contribution is -0.164. The zero-order chi connectivity index (χ0) is 12.3. The average Bonchev–Trinajstić information content (AvgIpc) is 2.17. The van der Waals surface area contributed by atoms with Crippen molar-refractivity contribution in [3.8, 4) is 5.75 Å². The summed E-state index contributed by atoms with van der Waals surface area (Å²) in [6.07, 6.45) is -1.11. The maximum atomic E-state index is 12.9. The van der Waals surface area contributed by atoms with Gasteiger partial charge in [-0.05, 0) is 18.2 Å². The second-order valence-corrected chi connectivity index (χ2v) is 3.14. The molecule has 0 saturated carbocycles. The Morgan fingerprint density at radius 3 is 2.62 bits per heavy atom. The van der Waals surface area contributed by atoms with Crippen LogP contribution in [0.1, 0.15) is 5.56 Å². The van der Waals surface area contributed by atoms with Gasteiger partial charge in [-0.15, -0.1) is 0 Å². The number of rotatable bonds is 4. The van der Waals surface area contributed by atoms with Crippen LogP contribution in [0.3, 0.4) is 0 Å². The van der Waals surface area contributed by atoms with Gasteiger partial charge in [-0.1, -0.05) is 0 Å². The molecule has 0 amide bonds. The summed E-state index contributed by atoms with van der Waals surface area (Å²) in [6.45, 7) is 0. The van der Waals surface area contributed by atoms with E-state index < -0.39 is 24.1 Å². The minimum absolute atomic E-state index is 0.0299. The molecule has 0 aliphatic heterocycles. The van der Waals surface area contributed by atoms with Crippen LogP contribution >= 0.6 is 0 Å². The van der Waals surface area contributed by atoms with Crippen molar-refractivity contribution in [2.24, 2.45) is 0 Å². The third-order valence-corrected chi connectivity index (χ3v) is 1.97. The molecule has 0 atom stereocenters. The van der Waals surface area contributed by atoms with E-state index in [2.05, 4.69) is 0 Å². The Morgan fingerprint density at radius 2 is 2.12 bits per heavy atom. The van der Waals surface area contributed by atoms with Crippen molar-refractivity contribution in [2.45, 2.75) is 12.3 Å². The summed E-state index contributed by atoms with van der Waals surface area (Å²) in [5.74, 6) is -6.89. The lowest BCUT2D eigenvalue weighted by Crippen LogP contribution is -2.30. The first-order chi connectivity index (χ1) is 7.36. The highest BCUT2D eigenvalue weighted by Crippen LogP contribution is 2.27. The molecular weight excluding hydrogens is 225 g/mol. The number of carboxylic acids is 1. The number of carbonyl (C=O) groups is 1. The molecule has 6 heteroatoms. The Balaban J connectivity index is 3.04. The van der Waals surface area contributed by atoms with Crippen molar-refractivity contribution < 1.29 is 27.8 Å². The monoisotopic (exact) mass is 234 g/mol. The van der Waals surface area contributed by atoms with Crippen LogP contribution in [0, 0.1) is 5.82 Å². The highest BCUT2D eigenvalue weighted by Gasteiger charge is 2.39. The van der Waals surface area contributed by atoms with Gasteiger partial charge in [0.05, 0.1) is 13.5 Å². The quantitative estimate of drug-likeness (QED) is 0.867. The second-order valence-electron chi connectivity index (χ2n) is 3.14. The topological polar surface area (TPSA) is 46.5 Å². The third-order valence-electron chi connectivity index (χ3n) is 1.97. The van der Waals surface area contributed by atoms with Gasteiger partial charge in [0.1, 0.15) is 11.6 Å². The zero-order valence-electron chi connectivity index (χ0n) is 8.34. The van der Waals surface area contributed by atoms with E-state index in [1.165, 1.54) is 13.2 Å². The fourth-order valence-electron chi connectivity index (χ4n) is 1.20. The molecule has 0 fully saturated rings. The highest BCUT2D eigenvalue weighted by molar-refractivity contribution is 5.75. The van der Waals surface area contributed by atoms with E-state index in [1.54, 1.807) is 0 Å². The van der Waals surface area contributed by atoms with Crippen LogP contribution in [0.5, 0.6) is 5.75 Å². The highest BCUT2D eigenvalue weighted by atomic mass is 19.3. The Labute approximate surface area is 89.5 Å². The van der Waals surface area contributed by atoms with Crippen LogP contribution in [-0.4, -0.2) is 24.1 Å². The van der Waals surface area contributed by atoms with E-state index >= 15 is 0 Å². The summed E-state index contributed by atoms with van der Waals surface area (Å²) in [7, 11) is 1.23. The molecule has 0 spiro atoms. The Hall–Kier alpha value is -1.72. The number of methoxy groups -OCH3 is 1. The number of halogens is 3. The minimum Gasteiger partial charge on any atom is -0.496 e. The zero-order valence-corrected chi connectivity index (χ0v) is 8.34. The number of ether oxygens (including phenoxy) is 1. The van der Waals surface area contributed by atoms with Crippen LogP contribution in [-0.2, 0) is 11.2 Å². The average molecular weight is 234 g/mol. The summed E-state index contributed by atoms with van der Waals surface area (Å²) in [5.41, 5.74) is -0.185. The summed E-state index contributed by atoms with van der Waals surface area (Å²) < 4.78 is 43.4. The van der Waals surface area contributed by atoms with Crippen LogP contribution in [0.4, 0.5) is 13.2 Å². The van der Waals surface area contributed by atoms with Crippen LogP contribution in [0.15, 0.2) is 18.2 Å². The van der Waals surface area contributed by atoms with Crippen molar-refractivity contribution in [1.29, 1.82) is 0 Å². The molecule has 1 rings (SSSR count). The van der Waals surface area contributed by atoms with Gasteiger partial charge in [0, 0.05) is 5.56 Å². The molecule has 1 N–H and O–H groups in total. The molecule has 1 aromatic rings. The molecule has 0 unspecified atom stereocenters. The molecule has 0 aromatic heterocycles. The predicted octanol–water partition coefficient (Wildman–Crippen LogP) is 2.10. The third kappa shape index (κ3) is 2.65. The molecule has 0 aliphatic rings. The van der Waals surface area contributed by atoms with E-state index in [-0.39, 0.29) is 11.3 Å². The molecule has 0 bridgehead atoms. The van der Waals surface area contributed by atoms with Crippen molar-refractivity contribution in [3.63, 3.8) is 0 Å². The predicted molar refractivity (Wildman–Crippen MR) is 49.2 cm³/mol. The van der Waals surface area contributed by atoms with Crippen LogP contribution in [0.2, 0.25) is 0 Å². The molecule has 0 aliphatic carbocycles. The van der Waals surface area contributed by atoms with E-state index in [4.69, 9.17) is 9.84 Å². The minimum atomic E-state index is -3.94. The van der Waals surface area contributed by atoms with Gasteiger partial charge in [0.25, 0.3) is 0 Å². The van der Waals surface area contributed by atoms with Gasteiger partial charge in [0.15, 0.2) is 0 Å². The second kappa shape index (κ2) is 4.42. The fraction of sp³-hybridized carbons (Fsp3) is 0.300. The number of carboxylic acid groups (broad SMARTS) is 1. The summed E-state index contributed by atoms with van der Waals surface area (Å²) in [6, 6.07) is 3.04. The molecule has 0 heterocycles. The first-order valence-corrected chi connectivity index (χ1v) is 4.30. The van der Waals surface area contributed by atoms with E-state index in [0.717, 1.165) is 12.1 Å².